The van der Waals surface area contributed by atoms with Crippen molar-refractivity contribution in [3.05, 3.63) is 72.2 Å². The summed E-state index contributed by atoms with van der Waals surface area (Å²) in [5.74, 6) is 0.712. The molecule has 0 fully saturated rings. The molecule has 0 aliphatic heterocycles. The summed E-state index contributed by atoms with van der Waals surface area (Å²) in [5, 5.41) is 6.98. The Labute approximate surface area is 168 Å². The van der Waals surface area contributed by atoms with Gasteiger partial charge in [0.1, 0.15) is 12.2 Å². The van der Waals surface area contributed by atoms with Crippen molar-refractivity contribution in [2.45, 2.75) is 26.8 Å². The van der Waals surface area contributed by atoms with Gasteiger partial charge in [0.15, 0.2) is 0 Å². The molecule has 4 rings (SSSR count). The maximum Gasteiger partial charge on any atom is 0.258 e. The largest absolute Gasteiger partial charge is 0.334 e. The lowest BCUT2D eigenvalue weighted by molar-refractivity contribution is -0.116. The van der Waals surface area contributed by atoms with E-state index in [0.29, 0.717) is 17.4 Å². The summed E-state index contributed by atoms with van der Waals surface area (Å²) in [6.07, 6.45) is 4.18. The summed E-state index contributed by atoms with van der Waals surface area (Å²) >= 11 is 0. The van der Waals surface area contributed by atoms with Crippen LogP contribution in [0.2, 0.25) is 0 Å². The molecule has 0 saturated carbocycles. The van der Waals surface area contributed by atoms with Gasteiger partial charge in [0.2, 0.25) is 11.7 Å². The highest BCUT2D eigenvalue weighted by atomic mass is 16.5. The molecule has 0 aliphatic carbocycles. The summed E-state index contributed by atoms with van der Waals surface area (Å²) in [6.45, 7) is 4.19. The monoisotopic (exact) mass is 387 g/mol. The van der Waals surface area contributed by atoms with E-state index in [1.165, 1.54) is 0 Å². The molecule has 0 radical (unpaired) electrons. The van der Waals surface area contributed by atoms with Gasteiger partial charge >= 0.3 is 0 Å². The number of benzene rings is 2. The van der Waals surface area contributed by atoms with Crippen LogP contribution in [0, 0.1) is 6.92 Å². The Bertz CT molecular complexity index is 1150. The molecule has 29 heavy (non-hydrogen) atoms. The third-order valence-electron chi connectivity index (χ3n) is 4.66. The third kappa shape index (κ3) is 4.08. The molecule has 0 unspecified atom stereocenters. The third-order valence-corrected chi connectivity index (χ3v) is 4.66. The first-order valence-corrected chi connectivity index (χ1v) is 9.43. The number of hydrogen-bond acceptors (Lipinski definition) is 5. The maximum atomic E-state index is 12.4. The normalized spacial score (nSPS) is 10.8. The quantitative estimate of drug-likeness (QED) is 0.538. The molecule has 0 spiro atoms. The second-order valence-corrected chi connectivity index (χ2v) is 6.73. The molecule has 7 nitrogen and oxygen atoms in total. The zero-order valence-electron chi connectivity index (χ0n) is 16.3. The van der Waals surface area contributed by atoms with Crippen LogP contribution in [-0.4, -0.2) is 25.6 Å². The van der Waals surface area contributed by atoms with Crippen LogP contribution >= 0.6 is 0 Å². The van der Waals surface area contributed by atoms with Gasteiger partial charge in [0, 0.05) is 17.4 Å². The summed E-state index contributed by atoms with van der Waals surface area (Å²) in [7, 11) is 0. The highest BCUT2D eigenvalue weighted by Gasteiger charge is 2.15. The van der Waals surface area contributed by atoms with Crippen molar-refractivity contribution in [3.63, 3.8) is 0 Å². The predicted octanol–water partition coefficient (Wildman–Crippen LogP) is 4.11. The molecule has 0 aliphatic rings. The standard InChI is InChI=1S/C22H21N5O2/c1-3-16-9-5-7-11-18(16)24-20(28)13-27-12-19(23-14-27)21-25-22(29-26-21)17-10-6-4-8-15(17)2/h4-12,14H,3,13H2,1-2H3,(H,24,28). The van der Waals surface area contributed by atoms with Crippen LogP contribution in [0.5, 0.6) is 0 Å². The van der Waals surface area contributed by atoms with E-state index >= 15 is 0 Å². The number of nitrogens with one attached hydrogen (secondary N) is 1. The molecule has 1 N–H and O–H groups in total. The second-order valence-electron chi connectivity index (χ2n) is 6.73. The minimum atomic E-state index is -0.122. The first kappa shape index (κ1) is 18.6. The van der Waals surface area contributed by atoms with Gasteiger partial charge < -0.3 is 14.4 Å². The molecule has 2 aromatic heterocycles. The highest BCUT2D eigenvalue weighted by Crippen LogP contribution is 2.24. The summed E-state index contributed by atoms with van der Waals surface area (Å²) in [5.41, 5.74) is 4.43. The fourth-order valence-electron chi connectivity index (χ4n) is 3.12. The van der Waals surface area contributed by atoms with E-state index in [9.17, 15) is 4.79 Å². The Kier molecular flexibility index (Phi) is 5.20. The van der Waals surface area contributed by atoms with Crippen LogP contribution in [0.4, 0.5) is 5.69 Å². The molecular weight excluding hydrogens is 366 g/mol. The van der Waals surface area contributed by atoms with Crippen molar-refractivity contribution in [1.29, 1.82) is 0 Å². The summed E-state index contributed by atoms with van der Waals surface area (Å²) in [6, 6.07) is 15.6. The Morgan fingerprint density at radius 3 is 2.76 bits per heavy atom. The van der Waals surface area contributed by atoms with Crippen molar-refractivity contribution in [2.24, 2.45) is 0 Å². The molecule has 0 atom stereocenters. The molecule has 0 saturated heterocycles. The lowest BCUT2D eigenvalue weighted by Crippen LogP contribution is -2.18. The molecular formula is C22H21N5O2. The van der Waals surface area contributed by atoms with Crippen LogP contribution in [0.3, 0.4) is 0 Å². The number of carbonyl (C=O) groups excluding carboxylic acids is 1. The lowest BCUT2D eigenvalue weighted by atomic mass is 10.1. The lowest BCUT2D eigenvalue weighted by Gasteiger charge is -2.09. The highest BCUT2D eigenvalue weighted by molar-refractivity contribution is 5.91. The molecule has 146 valence electrons. The molecule has 4 aromatic rings. The maximum absolute atomic E-state index is 12.4. The number of carbonyl (C=O) groups is 1. The molecule has 7 heteroatoms. The average molecular weight is 387 g/mol. The fourth-order valence-corrected chi connectivity index (χ4v) is 3.12. The van der Waals surface area contributed by atoms with E-state index in [-0.39, 0.29) is 12.5 Å². The van der Waals surface area contributed by atoms with Crippen LogP contribution in [0.1, 0.15) is 18.1 Å². The second kappa shape index (κ2) is 8.10. The van der Waals surface area contributed by atoms with Gasteiger partial charge in [-0.2, -0.15) is 4.98 Å². The van der Waals surface area contributed by atoms with E-state index < -0.39 is 0 Å². The van der Waals surface area contributed by atoms with Crippen molar-refractivity contribution in [3.8, 4) is 23.0 Å². The number of rotatable bonds is 6. The molecule has 2 aromatic carbocycles. The van der Waals surface area contributed by atoms with Crippen LogP contribution < -0.4 is 5.32 Å². The number of amides is 1. The Hall–Kier alpha value is -3.74. The predicted molar refractivity (Wildman–Crippen MR) is 110 cm³/mol. The smallest absolute Gasteiger partial charge is 0.258 e. The Morgan fingerprint density at radius 1 is 1.14 bits per heavy atom. The van der Waals surface area contributed by atoms with Crippen molar-refractivity contribution in [1.82, 2.24) is 19.7 Å². The van der Waals surface area contributed by atoms with Gasteiger partial charge in [0.25, 0.3) is 5.89 Å². The summed E-state index contributed by atoms with van der Waals surface area (Å²) in [4.78, 5) is 21.2. The van der Waals surface area contributed by atoms with Crippen molar-refractivity contribution < 1.29 is 9.32 Å². The van der Waals surface area contributed by atoms with Gasteiger partial charge in [-0.15, -0.1) is 0 Å². The molecule has 0 bridgehead atoms. The van der Waals surface area contributed by atoms with E-state index in [1.54, 1.807) is 17.1 Å². The van der Waals surface area contributed by atoms with E-state index in [2.05, 4.69) is 27.4 Å². The van der Waals surface area contributed by atoms with Gasteiger partial charge in [-0.05, 0) is 36.6 Å². The topological polar surface area (TPSA) is 85.8 Å². The minimum Gasteiger partial charge on any atom is -0.334 e. The molecule has 2 heterocycles. The van der Waals surface area contributed by atoms with E-state index in [0.717, 1.165) is 28.8 Å². The SMILES string of the molecule is CCc1ccccc1NC(=O)Cn1cnc(-c2noc(-c3ccccc3C)n2)c1. The van der Waals surface area contributed by atoms with Gasteiger partial charge in [0.05, 0.1) is 6.33 Å². The number of hydrogen-bond donors (Lipinski definition) is 1. The first-order chi connectivity index (χ1) is 14.1. The zero-order valence-corrected chi connectivity index (χ0v) is 16.3. The van der Waals surface area contributed by atoms with Crippen LogP contribution in [0.15, 0.2) is 65.6 Å². The van der Waals surface area contributed by atoms with Crippen LogP contribution in [0.25, 0.3) is 23.0 Å². The Morgan fingerprint density at radius 2 is 1.93 bits per heavy atom. The fraction of sp³-hybridized carbons (Fsp3) is 0.182. The minimum absolute atomic E-state index is 0.122. The number of aryl methyl sites for hydroxylation is 2. The van der Waals surface area contributed by atoms with E-state index in [4.69, 9.17) is 4.52 Å². The number of imidazole rings is 1. The number of aromatic nitrogens is 4. The number of para-hydroxylation sites is 1. The van der Waals surface area contributed by atoms with Gasteiger partial charge in [-0.1, -0.05) is 48.5 Å². The number of anilines is 1. The Balaban J connectivity index is 1.46. The van der Waals surface area contributed by atoms with Crippen molar-refractivity contribution >= 4 is 11.6 Å². The summed E-state index contributed by atoms with van der Waals surface area (Å²) < 4.78 is 7.09. The average Bonchev–Trinajstić information content (AvgIpc) is 3.38. The zero-order chi connectivity index (χ0) is 20.2. The molecule has 1 amide bonds. The van der Waals surface area contributed by atoms with Gasteiger partial charge in [-0.25, -0.2) is 4.98 Å². The van der Waals surface area contributed by atoms with Crippen LogP contribution in [-0.2, 0) is 17.8 Å². The van der Waals surface area contributed by atoms with Crippen molar-refractivity contribution in [2.75, 3.05) is 5.32 Å². The van der Waals surface area contributed by atoms with Gasteiger partial charge in [-0.3, -0.25) is 4.79 Å². The number of nitrogens with zero attached hydrogens (tertiary/aromatic N) is 4. The first-order valence-electron chi connectivity index (χ1n) is 9.43. The van der Waals surface area contributed by atoms with E-state index in [1.807, 2.05) is 55.5 Å².